The molecule has 0 aliphatic heterocycles. The summed E-state index contributed by atoms with van der Waals surface area (Å²) in [5.41, 5.74) is 1.66. The number of hydrogen-bond acceptors (Lipinski definition) is 4. The molecule has 2 rings (SSSR count). The molecule has 0 aromatic heterocycles. The van der Waals surface area contributed by atoms with Crippen LogP contribution in [0.1, 0.15) is 11.1 Å². The fourth-order valence-corrected chi connectivity index (χ4v) is 2.96. The molecule has 0 atom stereocenters. The molecule has 2 N–H and O–H groups in total. The number of carbonyl (C=O) groups excluding carboxylic acids is 1. The second-order valence-electron chi connectivity index (χ2n) is 4.71. The van der Waals surface area contributed by atoms with Crippen LogP contribution >= 0.6 is 23.8 Å². The summed E-state index contributed by atoms with van der Waals surface area (Å²) in [6.07, 6.45) is 0. The van der Waals surface area contributed by atoms with Gasteiger partial charge in [-0.15, -0.1) is 0 Å². The molecule has 0 fully saturated rings. The molecule has 5 nitrogen and oxygen atoms in total. The lowest BCUT2D eigenvalue weighted by molar-refractivity contribution is 0.250. The molecule has 23 heavy (non-hydrogen) atoms. The fraction of sp³-hybridized carbons (Fsp3) is 0.0667. The van der Waals surface area contributed by atoms with E-state index in [1.54, 1.807) is 12.1 Å². The van der Waals surface area contributed by atoms with E-state index < -0.39 is 16.1 Å². The van der Waals surface area contributed by atoms with Crippen molar-refractivity contribution in [3.63, 3.8) is 0 Å². The lowest BCUT2D eigenvalue weighted by Crippen LogP contribution is -2.42. The van der Waals surface area contributed by atoms with Crippen LogP contribution in [0.4, 0.5) is 4.79 Å². The van der Waals surface area contributed by atoms with Crippen molar-refractivity contribution in [2.45, 2.75) is 11.8 Å². The maximum Gasteiger partial charge on any atom is 0.333 e. The Balaban J connectivity index is 2.05. The smallest absolute Gasteiger partial charge is 0.297 e. The SMILES string of the molecule is Cc1ccc(C(=S)NC(=O)NS(=O)(=O)c2ccc(Cl)cc2)cc1. The summed E-state index contributed by atoms with van der Waals surface area (Å²) in [6.45, 7) is 1.92. The quantitative estimate of drug-likeness (QED) is 0.816. The van der Waals surface area contributed by atoms with Gasteiger partial charge < -0.3 is 0 Å². The van der Waals surface area contributed by atoms with Crippen molar-refractivity contribution in [2.75, 3.05) is 0 Å². The van der Waals surface area contributed by atoms with Crippen LogP contribution in [0.15, 0.2) is 53.4 Å². The average molecular weight is 369 g/mol. The van der Waals surface area contributed by atoms with Crippen molar-refractivity contribution in [1.82, 2.24) is 10.0 Å². The highest BCUT2D eigenvalue weighted by Gasteiger charge is 2.18. The first-order chi connectivity index (χ1) is 10.8. The summed E-state index contributed by atoms with van der Waals surface area (Å²) in [4.78, 5) is 11.9. The number of thiocarbonyl (C=S) groups is 1. The number of rotatable bonds is 3. The predicted octanol–water partition coefficient (Wildman–Crippen LogP) is 3.01. The van der Waals surface area contributed by atoms with Gasteiger partial charge in [-0.05, 0) is 31.2 Å². The number of urea groups is 1. The highest BCUT2D eigenvalue weighted by atomic mass is 35.5. The van der Waals surface area contributed by atoms with Crippen LogP contribution in [0.25, 0.3) is 0 Å². The first-order valence-corrected chi connectivity index (χ1v) is 8.75. The molecule has 0 aliphatic rings. The summed E-state index contributed by atoms with van der Waals surface area (Å²) in [6, 6.07) is 11.7. The van der Waals surface area contributed by atoms with Gasteiger partial charge in [-0.3, -0.25) is 5.32 Å². The van der Waals surface area contributed by atoms with Crippen LogP contribution in [0.3, 0.4) is 0 Å². The number of aryl methyl sites for hydroxylation is 1. The average Bonchev–Trinajstić information content (AvgIpc) is 2.47. The first kappa shape index (κ1) is 17.4. The maximum atomic E-state index is 12.1. The highest BCUT2D eigenvalue weighted by Crippen LogP contribution is 2.13. The Morgan fingerprint density at radius 2 is 1.61 bits per heavy atom. The van der Waals surface area contributed by atoms with E-state index in [2.05, 4.69) is 5.32 Å². The minimum absolute atomic E-state index is 0.0710. The van der Waals surface area contributed by atoms with Gasteiger partial charge in [-0.1, -0.05) is 53.6 Å². The third kappa shape index (κ3) is 4.75. The predicted molar refractivity (Wildman–Crippen MR) is 93.2 cm³/mol. The van der Waals surface area contributed by atoms with Crippen LogP contribution in [-0.2, 0) is 10.0 Å². The van der Waals surface area contributed by atoms with Gasteiger partial charge in [0.2, 0.25) is 0 Å². The molecule has 0 saturated heterocycles. The van der Waals surface area contributed by atoms with E-state index in [0.29, 0.717) is 10.6 Å². The molecular weight excluding hydrogens is 356 g/mol. The van der Waals surface area contributed by atoms with Crippen LogP contribution in [0.5, 0.6) is 0 Å². The largest absolute Gasteiger partial charge is 0.333 e. The minimum atomic E-state index is -3.99. The van der Waals surface area contributed by atoms with Crippen molar-refractivity contribution in [2.24, 2.45) is 0 Å². The van der Waals surface area contributed by atoms with E-state index in [4.69, 9.17) is 23.8 Å². The number of nitrogens with one attached hydrogen (secondary N) is 2. The Morgan fingerprint density at radius 1 is 1.04 bits per heavy atom. The van der Waals surface area contributed by atoms with E-state index in [9.17, 15) is 13.2 Å². The first-order valence-electron chi connectivity index (χ1n) is 6.48. The van der Waals surface area contributed by atoms with Crippen molar-refractivity contribution >= 4 is 44.9 Å². The molecule has 0 saturated carbocycles. The second kappa shape index (κ2) is 7.08. The number of halogens is 1. The number of carbonyl (C=O) groups is 1. The lowest BCUT2D eigenvalue weighted by Gasteiger charge is -2.10. The van der Waals surface area contributed by atoms with Gasteiger partial charge in [0.25, 0.3) is 10.0 Å². The third-order valence-corrected chi connectivity index (χ3v) is 4.83. The van der Waals surface area contributed by atoms with Gasteiger partial charge >= 0.3 is 6.03 Å². The summed E-state index contributed by atoms with van der Waals surface area (Å²) in [5.74, 6) is 0. The molecule has 2 amide bonds. The second-order valence-corrected chi connectivity index (χ2v) is 7.24. The summed E-state index contributed by atoms with van der Waals surface area (Å²) in [7, 11) is -3.99. The Hall–Kier alpha value is -1.96. The van der Waals surface area contributed by atoms with Gasteiger partial charge in [0.1, 0.15) is 4.99 Å². The summed E-state index contributed by atoms with van der Waals surface area (Å²) >= 11 is 10.8. The minimum Gasteiger partial charge on any atom is -0.297 e. The van der Waals surface area contributed by atoms with Crippen LogP contribution in [-0.4, -0.2) is 19.4 Å². The molecule has 120 valence electrons. The lowest BCUT2D eigenvalue weighted by atomic mass is 10.1. The van der Waals surface area contributed by atoms with Gasteiger partial charge in [-0.2, -0.15) is 0 Å². The monoisotopic (exact) mass is 368 g/mol. The topological polar surface area (TPSA) is 75.3 Å². The van der Waals surface area contributed by atoms with Gasteiger partial charge in [0, 0.05) is 10.6 Å². The maximum absolute atomic E-state index is 12.1. The summed E-state index contributed by atoms with van der Waals surface area (Å²) < 4.78 is 26.0. The van der Waals surface area contributed by atoms with Crippen LogP contribution < -0.4 is 10.0 Å². The summed E-state index contributed by atoms with van der Waals surface area (Å²) in [5, 5.41) is 2.73. The standard InChI is InChI=1S/C15H13ClN2O3S2/c1-10-2-4-11(5-3-10)14(22)17-15(19)18-23(20,21)13-8-6-12(16)7-9-13/h2-9H,1H3,(H2,17,18,19,22). The highest BCUT2D eigenvalue weighted by molar-refractivity contribution is 7.90. The Labute approximate surface area is 144 Å². The zero-order valence-corrected chi connectivity index (χ0v) is 14.4. The van der Waals surface area contributed by atoms with Crippen LogP contribution in [0, 0.1) is 6.92 Å². The van der Waals surface area contributed by atoms with Gasteiger partial charge in [0.15, 0.2) is 0 Å². The van der Waals surface area contributed by atoms with E-state index >= 15 is 0 Å². The molecule has 0 heterocycles. The molecule has 0 unspecified atom stereocenters. The van der Waals surface area contributed by atoms with E-state index in [-0.39, 0.29) is 9.88 Å². The van der Waals surface area contributed by atoms with E-state index in [1.165, 1.54) is 24.3 Å². The Morgan fingerprint density at radius 3 is 2.17 bits per heavy atom. The molecule has 0 bridgehead atoms. The zero-order chi connectivity index (χ0) is 17.0. The van der Waals surface area contributed by atoms with Crippen molar-refractivity contribution < 1.29 is 13.2 Å². The van der Waals surface area contributed by atoms with Crippen molar-refractivity contribution in [3.05, 3.63) is 64.7 Å². The molecule has 2 aromatic carbocycles. The van der Waals surface area contributed by atoms with Gasteiger partial charge in [0.05, 0.1) is 4.90 Å². The fourth-order valence-electron chi connectivity index (χ4n) is 1.70. The van der Waals surface area contributed by atoms with Gasteiger partial charge in [-0.25, -0.2) is 17.9 Å². The molecule has 0 aliphatic carbocycles. The van der Waals surface area contributed by atoms with Crippen molar-refractivity contribution in [1.29, 1.82) is 0 Å². The Kier molecular flexibility index (Phi) is 5.35. The molecular formula is C15H13ClN2O3S2. The number of sulfonamides is 1. The molecule has 2 aromatic rings. The molecule has 8 heteroatoms. The van der Waals surface area contributed by atoms with E-state index in [1.807, 2.05) is 23.8 Å². The van der Waals surface area contributed by atoms with Crippen LogP contribution in [0.2, 0.25) is 5.02 Å². The zero-order valence-electron chi connectivity index (χ0n) is 12.0. The third-order valence-electron chi connectivity index (χ3n) is 2.89. The molecule has 0 spiro atoms. The molecule has 0 radical (unpaired) electrons. The Bertz CT molecular complexity index is 832. The number of amides is 2. The number of hydrogen-bond donors (Lipinski definition) is 2. The normalized spacial score (nSPS) is 10.9. The van der Waals surface area contributed by atoms with Crippen molar-refractivity contribution in [3.8, 4) is 0 Å². The van der Waals surface area contributed by atoms with E-state index in [0.717, 1.165) is 5.56 Å². The number of benzene rings is 2.